The number of allylic oxidation sites excluding steroid dienone is 1. The molecule has 1 aromatic rings. The quantitative estimate of drug-likeness (QED) is 0.472. The first-order chi connectivity index (χ1) is 11.1. The number of amides is 3. The van der Waals surface area contributed by atoms with Crippen LogP contribution in [0.3, 0.4) is 0 Å². The lowest BCUT2D eigenvalue weighted by Gasteiger charge is -2.26. The van der Waals surface area contributed by atoms with Crippen LogP contribution in [-0.4, -0.2) is 35.7 Å². The molecule has 1 aromatic carbocycles. The van der Waals surface area contributed by atoms with Gasteiger partial charge >= 0.3 is 0 Å². The van der Waals surface area contributed by atoms with Crippen LogP contribution in [0.2, 0.25) is 0 Å². The first-order valence-corrected chi connectivity index (χ1v) is 7.43. The van der Waals surface area contributed by atoms with E-state index in [0.717, 1.165) is 10.5 Å². The highest BCUT2D eigenvalue weighted by molar-refractivity contribution is 6.06. The number of hydrogen-bond acceptors (Lipinski definition) is 3. The Kier molecular flexibility index (Phi) is 3.98. The summed E-state index contributed by atoms with van der Waals surface area (Å²) in [4.78, 5) is 37.4. The number of nitrogens with one attached hydrogen (secondary N) is 1. The van der Waals surface area contributed by atoms with Crippen molar-refractivity contribution < 1.29 is 14.4 Å². The number of fused-ring (bicyclic) bond motifs is 1. The fourth-order valence-corrected chi connectivity index (χ4v) is 3.03. The summed E-state index contributed by atoms with van der Waals surface area (Å²) in [6, 6.07) is 8.69. The predicted octanol–water partition coefficient (Wildman–Crippen LogP) is 0.714. The summed E-state index contributed by atoms with van der Waals surface area (Å²) >= 11 is 0. The Hall–Kier alpha value is -2.87. The van der Waals surface area contributed by atoms with Crippen LogP contribution < -0.4 is 5.32 Å². The van der Waals surface area contributed by atoms with Gasteiger partial charge in [-0.3, -0.25) is 19.3 Å². The minimum atomic E-state index is -0.528. The van der Waals surface area contributed by atoms with Crippen LogP contribution in [-0.2, 0) is 14.4 Å². The molecule has 1 saturated heterocycles. The highest BCUT2D eigenvalue weighted by Gasteiger charge is 2.49. The highest BCUT2D eigenvalue weighted by Crippen LogP contribution is 2.34. The highest BCUT2D eigenvalue weighted by atomic mass is 16.2. The Balaban J connectivity index is 1.73. The Bertz CT molecular complexity index is 743. The largest absolute Gasteiger partial charge is 0.338 e. The molecule has 1 N–H and O–H groups in total. The predicted molar refractivity (Wildman–Crippen MR) is 83.8 cm³/mol. The average Bonchev–Trinajstić information content (AvgIpc) is 2.79. The summed E-state index contributed by atoms with van der Waals surface area (Å²) in [6.07, 6.45) is 4.14. The van der Waals surface area contributed by atoms with Crippen LogP contribution >= 0.6 is 0 Å². The van der Waals surface area contributed by atoms with Gasteiger partial charge in [0.1, 0.15) is 0 Å². The van der Waals surface area contributed by atoms with Crippen LogP contribution in [0.5, 0.6) is 0 Å². The van der Waals surface area contributed by atoms with E-state index in [-0.39, 0.29) is 17.7 Å². The summed E-state index contributed by atoms with van der Waals surface area (Å²) in [6.45, 7) is 0. The van der Waals surface area contributed by atoms with Gasteiger partial charge in [0, 0.05) is 18.5 Å². The summed E-state index contributed by atoms with van der Waals surface area (Å²) in [5, 5.41) is 2.73. The first-order valence-electron chi connectivity index (χ1n) is 7.43. The van der Waals surface area contributed by atoms with Gasteiger partial charge < -0.3 is 5.32 Å². The van der Waals surface area contributed by atoms with Crippen molar-refractivity contribution in [3.8, 4) is 11.8 Å². The number of rotatable bonds is 1. The van der Waals surface area contributed by atoms with E-state index in [2.05, 4.69) is 17.2 Å². The molecule has 1 heterocycles. The number of imide groups is 1. The minimum absolute atomic E-state index is 0.182. The maximum absolute atomic E-state index is 12.2. The monoisotopic (exact) mass is 308 g/mol. The number of nitrogens with zero attached hydrogens (tertiary/aromatic N) is 1. The maximum Gasteiger partial charge on any atom is 0.296 e. The molecule has 3 rings (SSSR count). The lowest BCUT2D eigenvalue weighted by Crippen LogP contribution is -2.44. The Morgan fingerprint density at radius 3 is 2.70 bits per heavy atom. The smallest absolute Gasteiger partial charge is 0.296 e. The molecule has 116 valence electrons. The topological polar surface area (TPSA) is 66.5 Å². The number of carbonyl (C=O) groups is 3. The number of benzene rings is 1. The second kappa shape index (κ2) is 6.09. The second-order valence-electron chi connectivity index (χ2n) is 5.65. The van der Waals surface area contributed by atoms with Crippen molar-refractivity contribution in [3.63, 3.8) is 0 Å². The van der Waals surface area contributed by atoms with Gasteiger partial charge in [-0.15, -0.1) is 0 Å². The molecule has 3 atom stereocenters. The third-order valence-corrected chi connectivity index (χ3v) is 4.21. The molecule has 0 aromatic heterocycles. The van der Waals surface area contributed by atoms with Gasteiger partial charge in [-0.2, -0.15) is 0 Å². The zero-order valence-electron chi connectivity index (χ0n) is 12.7. The van der Waals surface area contributed by atoms with Gasteiger partial charge in [0.25, 0.3) is 5.91 Å². The molecule has 0 radical (unpaired) electrons. The van der Waals surface area contributed by atoms with Crippen LogP contribution in [0.1, 0.15) is 12.0 Å². The van der Waals surface area contributed by atoms with E-state index >= 15 is 0 Å². The lowest BCUT2D eigenvalue weighted by atomic mass is 9.81. The van der Waals surface area contributed by atoms with Crippen molar-refractivity contribution in [1.29, 1.82) is 0 Å². The molecule has 0 spiro atoms. The van der Waals surface area contributed by atoms with Crippen LogP contribution in [0, 0.1) is 23.7 Å². The van der Waals surface area contributed by atoms with Crippen LogP contribution in [0.25, 0.3) is 0 Å². The summed E-state index contributed by atoms with van der Waals surface area (Å²) in [5.74, 6) is 3.50. The number of carbonyl (C=O) groups excluding carboxylic acids is 3. The third kappa shape index (κ3) is 2.88. The number of likely N-dealkylation sites (tertiary alicyclic amines) is 1. The summed E-state index contributed by atoms with van der Waals surface area (Å²) < 4.78 is 0. The Morgan fingerprint density at radius 2 is 1.96 bits per heavy atom. The fourth-order valence-electron chi connectivity index (χ4n) is 3.03. The first kappa shape index (κ1) is 15.0. The van der Waals surface area contributed by atoms with Crippen LogP contribution in [0.15, 0.2) is 42.5 Å². The van der Waals surface area contributed by atoms with E-state index in [0.29, 0.717) is 6.42 Å². The van der Waals surface area contributed by atoms with E-state index < -0.39 is 17.9 Å². The SMILES string of the molecule is CN1C(=O)[C@H]2[C@H](CC=C[C@H]2NC(=O)C#Cc2ccccc2)C1=O. The van der Waals surface area contributed by atoms with E-state index in [1.165, 1.54) is 7.05 Å². The zero-order chi connectivity index (χ0) is 16.4. The molecule has 5 heteroatoms. The van der Waals surface area contributed by atoms with Crippen molar-refractivity contribution in [2.24, 2.45) is 11.8 Å². The molecule has 0 unspecified atom stereocenters. The Labute approximate surface area is 134 Å². The van der Waals surface area contributed by atoms with Gasteiger partial charge in [0.05, 0.1) is 17.9 Å². The second-order valence-corrected chi connectivity index (χ2v) is 5.65. The van der Waals surface area contributed by atoms with Crippen molar-refractivity contribution in [1.82, 2.24) is 10.2 Å². The van der Waals surface area contributed by atoms with E-state index in [1.807, 2.05) is 36.4 Å². The van der Waals surface area contributed by atoms with Gasteiger partial charge in [0.15, 0.2) is 0 Å². The summed E-state index contributed by atoms with van der Waals surface area (Å²) in [5.41, 5.74) is 0.742. The van der Waals surface area contributed by atoms with Crippen molar-refractivity contribution in [2.45, 2.75) is 12.5 Å². The van der Waals surface area contributed by atoms with Crippen molar-refractivity contribution in [3.05, 3.63) is 48.0 Å². The van der Waals surface area contributed by atoms with Gasteiger partial charge in [0.2, 0.25) is 11.8 Å². The van der Waals surface area contributed by atoms with Gasteiger partial charge in [-0.1, -0.05) is 36.3 Å². The molecule has 5 nitrogen and oxygen atoms in total. The van der Waals surface area contributed by atoms with Crippen molar-refractivity contribution in [2.75, 3.05) is 7.05 Å². The standard InChI is InChI=1S/C18H16N2O3/c1-20-17(22)13-8-5-9-14(16(13)18(20)23)19-15(21)11-10-12-6-3-2-4-7-12/h2-7,9,13-14,16H,8H2,1H3,(H,19,21)/t13-,14+,16-/m0/s1. The van der Waals surface area contributed by atoms with Crippen LogP contribution in [0.4, 0.5) is 0 Å². The Morgan fingerprint density at radius 1 is 1.22 bits per heavy atom. The molecule has 1 aliphatic heterocycles. The lowest BCUT2D eigenvalue weighted by molar-refractivity contribution is -0.138. The van der Waals surface area contributed by atoms with E-state index in [4.69, 9.17) is 0 Å². The van der Waals surface area contributed by atoms with Gasteiger partial charge in [-0.05, 0) is 18.6 Å². The maximum atomic E-state index is 12.2. The molecule has 23 heavy (non-hydrogen) atoms. The van der Waals surface area contributed by atoms with Gasteiger partial charge in [-0.25, -0.2) is 0 Å². The zero-order valence-corrected chi connectivity index (χ0v) is 12.7. The number of hydrogen-bond donors (Lipinski definition) is 1. The molecule has 1 fully saturated rings. The molecule has 1 aliphatic carbocycles. The molecule has 3 amide bonds. The summed E-state index contributed by atoms with van der Waals surface area (Å²) in [7, 11) is 1.48. The molecule has 2 aliphatic rings. The van der Waals surface area contributed by atoms with E-state index in [1.54, 1.807) is 6.08 Å². The minimum Gasteiger partial charge on any atom is -0.338 e. The average molecular weight is 308 g/mol. The molecular formula is C18H16N2O3. The fraction of sp³-hybridized carbons (Fsp3) is 0.278. The molecular weight excluding hydrogens is 292 g/mol. The van der Waals surface area contributed by atoms with Crippen molar-refractivity contribution >= 4 is 17.7 Å². The van der Waals surface area contributed by atoms with E-state index in [9.17, 15) is 14.4 Å². The third-order valence-electron chi connectivity index (χ3n) is 4.21. The molecule has 0 saturated carbocycles. The normalized spacial score (nSPS) is 25.6. The molecule has 0 bridgehead atoms.